The molecule has 14 heteroatoms. The number of nitrogens with one attached hydrogen (secondary N) is 1. The predicted octanol–water partition coefficient (Wildman–Crippen LogP) is 2.59. The largest absolute Gasteiger partial charge is 0.382 e. The number of amides is 1. The summed E-state index contributed by atoms with van der Waals surface area (Å²) in [6.45, 7) is 2.18. The van der Waals surface area contributed by atoms with Gasteiger partial charge in [0.15, 0.2) is 11.5 Å². The molecule has 0 spiro atoms. The van der Waals surface area contributed by atoms with Gasteiger partial charge in [0.25, 0.3) is 0 Å². The summed E-state index contributed by atoms with van der Waals surface area (Å²) >= 11 is 0.940. The zero-order valence-electron chi connectivity index (χ0n) is 19.3. The molecule has 1 fully saturated rings. The number of nitrogens with two attached hydrogens (primary N) is 1. The Balaban J connectivity index is 0.000000197. The zero-order valence-corrected chi connectivity index (χ0v) is 20.1. The van der Waals surface area contributed by atoms with Crippen LogP contribution in [0.1, 0.15) is 55.7 Å². The molecule has 11 nitrogen and oxygen atoms in total. The first kappa shape index (κ1) is 26.2. The third-order valence-corrected chi connectivity index (χ3v) is 6.45. The molecule has 5 N–H and O–H groups in total. The molecular weight excluding hydrogens is 498 g/mol. The van der Waals surface area contributed by atoms with E-state index in [2.05, 4.69) is 19.7 Å². The number of alkyl halides is 2. The van der Waals surface area contributed by atoms with Gasteiger partial charge in [-0.25, -0.2) is 23.7 Å². The third-order valence-electron chi connectivity index (χ3n) is 5.89. The SMILES string of the molecule is CCC(=O)NSOCC1CCC(n2cnc3c(N)ncnc32)O1.OC1c2ccccc2C(O)C1(F)F. The molecule has 0 radical (unpaired) electrons. The summed E-state index contributed by atoms with van der Waals surface area (Å²) in [6, 6.07) is 5.89. The fourth-order valence-electron chi connectivity index (χ4n) is 3.93. The maximum atomic E-state index is 13.0. The highest BCUT2D eigenvalue weighted by molar-refractivity contribution is 7.93. The summed E-state index contributed by atoms with van der Waals surface area (Å²) in [5.41, 5.74) is 7.25. The van der Waals surface area contributed by atoms with Crippen LogP contribution in [0.4, 0.5) is 14.6 Å². The Morgan fingerprint density at radius 2 is 1.94 bits per heavy atom. The maximum Gasteiger partial charge on any atom is 0.306 e. The minimum absolute atomic E-state index is 0.0392. The Bertz CT molecular complexity index is 1180. The lowest BCUT2D eigenvalue weighted by Crippen LogP contribution is -2.26. The summed E-state index contributed by atoms with van der Waals surface area (Å²) in [5, 5.41) is 18.3. The number of hydrogen-bond donors (Lipinski definition) is 4. The van der Waals surface area contributed by atoms with Crippen molar-refractivity contribution in [1.29, 1.82) is 0 Å². The van der Waals surface area contributed by atoms with Gasteiger partial charge in [-0.2, -0.15) is 0 Å². The molecule has 1 aliphatic carbocycles. The van der Waals surface area contributed by atoms with Gasteiger partial charge in [0.2, 0.25) is 5.91 Å². The van der Waals surface area contributed by atoms with E-state index in [0.29, 0.717) is 30.0 Å². The monoisotopic (exact) mass is 524 g/mol. The minimum Gasteiger partial charge on any atom is -0.382 e. The van der Waals surface area contributed by atoms with Crippen molar-refractivity contribution in [2.75, 3.05) is 12.3 Å². The van der Waals surface area contributed by atoms with Crippen LogP contribution in [0.2, 0.25) is 0 Å². The van der Waals surface area contributed by atoms with Gasteiger partial charge >= 0.3 is 5.92 Å². The molecular formula is C22H26F2N6O5S. The van der Waals surface area contributed by atoms with Gasteiger partial charge < -0.3 is 20.7 Å². The average Bonchev–Trinajstić information content (AvgIpc) is 3.57. The number of aliphatic hydroxyl groups excluding tert-OH is 2. The fraction of sp³-hybridized carbons (Fsp3) is 0.455. The number of hydrogen-bond acceptors (Lipinski definition) is 10. The van der Waals surface area contributed by atoms with E-state index in [1.54, 1.807) is 25.4 Å². The Morgan fingerprint density at radius 3 is 2.61 bits per heavy atom. The number of ether oxygens (including phenoxy) is 1. The number of rotatable bonds is 6. The first-order valence-corrected chi connectivity index (χ1v) is 12.0. The lowest BCUT2D eigenvalue weighted by Gasteiger charge is -2.17. The van der Waals surface area contributed by atoms with Crippen LogP contribution in [0.5, 0.6) is 0 Å². The van der Waals surface area contributed by atoms with Gasteiger partial charge in [-0.1, -0.05) is 31.2 Å². The van der Waals surface area contributed by atoms with E-state index in [9.17, 15) is 13.6 Å². The number of carbonyl (C=O) groups is 1. The summed E-state index contributed by atoms with van der Waals surface area (Å²) in [7, 11) is 0. The van der Waals surface area contributed by atoms with E-state index in [4.69, 9.17) is 24.9 Å². The Labute approximate surface area is 209 Å². The van der Waals surface area contributed by atoms with E-state index >= 15 is 0 Å². The molecule has 4 atom stereocenters. The first-order chi connectivity index (χ1) is 17.2. The van der Waals surface area contributed by atoms with Crippen molar-refractivity contribution in [3.05, 3.63) is 48.0 Å². The average molecular weight is 525 g/mol. The summed E-state index contributed by atoms with van der Waals surface area (Å²) in [4.78, 5) is 23.5. The normalized spacial score (nSPS) is 24.2. The van der Waals surface area contributed by atoms with E-state index in [1.165, 1.54) is 18.5 Å². The number of fused-ring (bicyclic) bond motifs is 2. The van der Waals surface area contributed by atoms with Crippen LogP contribution in [0.3, 0.4) is 0 Å². The van der Waals surface area contributed by atoms with E-state index < -0.39 is 18.1 Å². The van der Waals surface area contributed by atoms with Gasteiger partial charge in [-0.3, -0.25) is 18.3 Å². The summed E-state index contributed by atoms with van der Waals surface area (Å²) in [5.74, 6) is -3.18. The van der Waals surface area contributed by atoms with Crippen LogP contribution in [-0.2, 0) is 13.7 Å². The molecule has 0 saturated carbocycles. The van der Waals surface area contributed by atoms with Crippen molar-refractivity contribution in [3.8, 4) is 0 Å². The van der Waals surface area contributed by atoms with Crippen LogP contribution >= 0.6 is 12.2 Å². The Morgan fingerprint density at radius 1 is 1.25 bits per heavy atom. The Kier molecular flexibility index (Phi) is 8.00. The van der Waals surface area contributed by atoms with Crippen molar-refractivity contribution < 1.29 is 32.7 Å². The zero-order chi connectivity index (χ0) is 25.9. The summed E-state index contributed by atoms with van der Waals surface area (Å²) in [6.07, 6.45) is 1.22. The van der Waals surface area contributed by atoms with Crippen molar-refractivity contribution in [2.45, 2.75) is 56.6 Å². The van der Waals surface area contributed by atoms with Crippen LogP contribution in [-0.4, -0.2) is 54.3 Å². The smallest absolute Gasteiger partial charge is 0.306 e. The number of aliphatic hydroxyl groups is 2. The van der Waals surface area contributed by atoms with Crippen molar-refractivity contribution in [1.82, 2.24) is 24.2 Å². The summed E-state index contributed by atoms with van der Waals surface area (Å²) < 4.78 is 41.8. The number of imidazole rings is 1. The number of halogens is 2. The molecule has 1 aliphatic heterocycles. The first-order valence-electron chi connectivity index (χ1n) is 11.2. The third kappa shape index (κ3) is 5.27. The van der Waals surface area contributed by atoms with Crippen molar-refractivity contribution in [2.24, 2.45) is 0 Å². The Hall–Kier alpha value is -2.91. The van der Waals surface area contributed by atoms with Crippen molar-refractivity contribution in [3.63, 3.8) is 0 Å². The molecule has 3 heterocycles. The van der Waals surface area contributed by atoms with Gasteiger partial charge in [-0.05, 0) is 24.0 Å². The second-order valence-electron chi connectivity index (χ2n) is 8.23. The molecule has 2 aromatic heterocycles. The fourth-order valence-corrected chi connectivity index (χ4v) is 4.44. The number of nitrogen functional groups attached to an aromatic ring is 1. The maximum absolute atomic E-state index is 13.0. The van der Waals surface area contributed by atoms with Gasteiger partial charge in [0.1, 0.15) is 42.5 Å². The second-order valence-corrected chi connectivity index (χ2v) is 8.83. The topological polar surface area (TPSA) is 158 Å². The lowest BCUT2D eigenvalue weighted by molar-refractivity contribution is -0.166. The molecule has 4 unspecified atom stereocenters. The standard InChI is InChI=1S/C13H18N6O3S.C9H8F2O2/c1-2-9(20)18-23-21-5-8-3-4-10(22-8)19-7-17-11-12(14)15-6-16-13(11)19;10-9(11)7(12)5-3-1-2-4-6(5)8(9)13/h6-8,10H,2-5H2,1H3,(H,18,20)(H2,14,15,16);1-4,7-8,12-13H. The predicted molar refractivity (Wildman–Crippen MR) is 126 cm³/mol. The van der Waals surface area contributed by atoms with Gasteiger partial charge in [-0.15, -0.1) is 0 Å². The van der Waals surface area contributed by atoms with Crippen LogP contribution in [0, 0.1) is 0 Å². The minimum atomic E-state index is -3.47. The number of anilines is 1. The number of aromatic nitrogens is 4. The lowest BCUT2D eigenvalue weighted by atomic mass is 10.1. The van der Waals surface area contributed by atoms with Crippen LogP contribution in [0.15, 0.2) is 36.9 Å². The van der Waals surface area contributed by atoms with Crippen LogP contribution < -0.4 is 10.5 Å². The highest BCUT2D eigenvalue weighted by Crippen LogP contribution is 2.49. The van der Waals surface area contributed by atoms with Gasteiger partial charge in [0.05, 0.1) is 19.0 Å². The second kappa shape index (κ2) is 11.0. The van der Waals surface area contributed by atoms with E-state index in [-0.39, 0.29) is 29.4 Å². The number of nitrogens with zero attached hydrogens (tertiary/aromatic N) is 4. The number of benzene rings is 1. The molecule has 5 rings (SSSR count). The molecule has 2 aliphatic rings. The van der Waals surface area contributed by atoms with Crippen LogP contribution in [0.25, 0.3) is 11.2 Å². The quantitative estimate of drug-likeness (QED) is 0.215. The van der Waals surface area contributed by atoms with Gasteiger partial charge in [0, 0.05) is 6.42 Å². The van der Waals surface area contributed by atoms with Crippen molar-refractivity contribution >= 4 is 35.1 Å². The highest BCUT2D eigenvalue weighted by Gasteiger charge is 2.54. The molecule has 36 heavy (non-hydrogen) atoms. The molecule has 3 aromatic rings. The molecule has 1 amide bonds. The highest BCUT2D eigenvalue weighted by atomic mass is 32.2. The van der Waals surface area contributed by atoms with E-state index in [0.717, 1.165) is 25.1 Å². The molecule has 0 bridgehead atoms. The molecule has 194 valence electrons. The molecule has 1 saturated heterocycles. The van der Waals surface area contributed by atoms with E-state index in [1.807, 2.05) is 4.57 Å². The number of carbonyl (C=O) groups excluding carboxylic acids is 1. The molecule has 1 aromatic carbocycles.